The van der Waals surface area contributed by atoms with Crippen LogP contribution in [0.25, 0.3) is 0 Å². The highest BCUT2D eigenvalue weighted by Crippen LogP contribution is 2.28. The molecule has 0 saturated carbocycles. The Kier molecular flexibility index (Phi) is 7.41. The Morgan fingerprint density at radius 1 is 1.41 bits per heavy atom. The van der Waals surface area contributed by atoms with Crippen molar-refractivity contribution in [2.75, 3.05) is 39.9 Å². The van der Waals surface area contributed by atoms with Crippen molar-refractivity contribution in [3.63, 3.8) is 0 Å². The lowest BCUT2D eigenvalue weighted by atomic mass is 9.97. The topological polar surface area (TPSA) is 93.0 Å². The normalized spacial score (nSPS) is 18.8. The Morgan fingerprint density at radius 3 is 2.67 bits per heavy atom. The van der Waals surface area contributed by atoms with Gasteiger partial charge in [-0.3, -0.25) is 4.79 Å². The third kappa shape index (κ3) is 5.08. The van der Waals surface area contributed by atoms with Crippen LogP contribution in [-0.2, 0) is 19.6 Å². The van der Waals surface area contributed by atoms with E-state index in [1.165, 1.54) is 4.31 Å². The fraction of sp³-hybridized carbons (Fsp3) is 0.778. The molecule has 2 heterocycles. The lowest BCUT2D eigenvalue weighted by Crippen LogP contribution is -2.48. The monoisotopic (exact) mass is 401 g/mol. The summed E-state index contributed by atoms with van der Waals surface area (Å²) in [5.74, 6) is 0.267. The van der Waals surface area contributed by atoms with Gasteiger partial charge in [-0.25, -0.2) is 8.42 Å². The highest BCUT2D eigenvalue weighted by molar-refractivity contribution is 7.89. The molecule has 1 fully saturated rings. The number of nitrogens with zero attached hydrogens (tertiary/aromatic N) is 3. The van der Waals surface area contributed by atoms with E-state index in [-0.39, 0.29) is 29.0 Å². The predicted molar refractivity (Wildman–Crippen MR) is 101 cm³/mol. The Hall–Kier alpha value is -1.45. The Bertz CT molecular complexity index is 725. The standard InChI is InChI=1S/C18H31N3O5S/c1-13(2)11-20(9-10-25-5)18(22)16-7-6-8-21(12-16)27(23,24)17-14(3)19-26-15(17)4/h13,16H,6-12H2,1-5H3. The predicted octanol–water partition coefficient (Wildman–Crippen LogP) is 1.82. The number of carbonyl (C=O) groups is 1. The van der Waals surface area contributed by atoms with Crippen molar-refractivity contribution in [2.24, 2.45) is 11.8 Å². The highest BCUT2D eigenvalue weighted by atomic mass is 32.2. The van der Waals surface area contributed by atoms with Crippen molar-refractivity contribution in [3.05, 3.63) is 11.5 Å². The van der Waals surface area contributed by atoms with E-state index in [1.54, 1.807) is 25.9 Å². The number of sulfonamides is 1. The molecule has 1 amide bonds. The van der Waals surface area contributed by atoms with Gasteiger partial charge >= 0.3 is 0 Å². The molecule has 0 bridgehead atoms. The van der Waals surface area contributed by atoms with E-state index in [0.29, 0.717) is 50.7 Å². The molecule has 1 unspecified atom stereocenters. The van der Waals surface area contributed by atoms with Gasteiger partial charge in [0.05, 0.1) is 12.5 Å². The van der Waals surface area contributed by atoms with Crippen LogP contribution in [0.2, 0.25) is 0 Å². The number of ether oxygens (including phenoxy) is 1. The Balaban J connectivity index is 2.17. The average molecular weight is 402 g/mol. The molecule has 1 aliphatic heterocycles. The lowest BCUT2D eigenvalue weighted by molar-refractivity contribution is -0.137. The van der Waals surface area contributed by atoms with E-state index < -0.39 is 10.0 Å². The number of methoxy groups -OCH3 is 1. The first-order valence-electron chi connectivity index (χ1n) is 9.39. The quantitative estimate of drug-likeness (QED) is 0.660. The summed E-state index contributed by atoms with van der Waals surface area (Å²) in [6.45, 7) is 9.53. The van der Waals surface area contributed by atoms with E-state index >= 15 is 0 Å². The first kappa shape index (κ1) is 21.8. The molecule has 1 aliphatic rings. The maximum atomic E-state index is 13.1. The molecule has 0 spiro atoms. The van der Waals surface area contributed by atoms with Gasteiger partial charge < -0.3 is 14.2 Å². The molecule has 154 valence electrons. The van der Waals surface area contributed by atoms with E-state index in [1.807, 2.05) is 0 Å². The number of hydrogen-bond acceptors (Lipinski definition) is 6. The van der Waals surface area contributed by atoms with Crippen LogP contribution >= 0.6 is 0 Å². The van der Waals surface area contributed by atoms with Gasteiger partial charge in [0.1, 0.15) is 10.6 Å². The largest absolute Gasteiger partial charge is 0.383 e. The highest BCUT2D eigenvalue weighted by Gasteiger charge is 2.37. The van der Waals surface area contributed by atoms with Crippen LogP contribution in [0.15, 0.2) is 9.42 Å². The zero-order valence-electron chi connectivity index (χ0n) is 16.9. The fourth-order valence-electron chi connectivity index (χ4n) is 3.53. The number of amides is 1. The molecule has 0 radical (unpaired) electrons. The van der Waals surface area contributed by atoms with E-state index in [0.717, 1.165) is 0 Å². The second kappa shape index (κ2) is 9.16. The summed E-state index contributed by atoms with van der Waals surface area (Å²) in [4.78, 5) is 15.0. The molecule has 1 saturated heterocycles. The van der Waals surface area contributed by atoms with Gasteiger partial charge in [-0.2, -0.15) is 4.31 Å². The van der Waals surface area contributed by atoms with E-state index in [4.69, 9.17) is 9.26 Å². The summed E-state index contributed by atoms with van der Waals surface area (Å²) in [5.41, 5.74) is 0.350. The summed E-state index contributed by atoms with van der Waals surface area (Å²) in [7, 11) is -2.12. The molecule has 8 nitrogen and oxygen atoms in total. The summed E-state index contributed by atoms with van der Waals surface area (Å²) in [6, 6.07) is 0. The number of piperidine rings is 1. The van der Waals surface area contributed by atoms with Gasteiger partial charge in [0.15, 0.2) is 5.76 Å². The summed E-state index contributed by atoms with van der Waals surface area (Å²) < 4.78 is 37.7. The third-order valence-corrected chi connectivity index (χ3v) is 6.87. The number of hydrogen-bond donors (Lipinski definition) is 0. The number of rotatable bonds is 8. The van der Waals surface area contributed by atoms with E-state index in [2.05, 4.69) is 19.0 Å². The molecular formula is C18H31N3O5S. The molecule has 0 N–H and O–H groups in total. The van der Waals surface area contributed by atoms with Crippen LogP contribution in [0.3, 0.4) is 0 Å². The van der Waals surface area contributed by atoms with Crippen molar-refractivity contribution < 1.29 is 22.5 Å². The summed E-state index contributed by atoms with van der Waals surface area (Å²) in [5, 5.41) is 3.76. The summed E-state index contributed by atoms with van der Waals surface area (Å²) >= 11 is 0. The van der Waals surface area contributed by atoms with Crippen molar-refractivity contribution >= 4 is 15.9 Å². The van der Waals surface area contributed by atoms with Gasteiger partial charge in [-0.15, -0.1) is 0 Å². The number of aryl methyl sites for hydroxylation is 2. The van der Waals surface area contributed by atoms with Crippen molar-refractivity contribution in [2.45, 2.75) is 45.4 Å². The van der Waals surface area contributed by atoms with Gasteiger partial charge in [-0.05, 0) is 32.6 Å². The third-order valence-electron chi connectivity index (χ3n) is 4.76. The lowest BCUT2D eigenvalue weighted by Gasteiger charge is -2.34. The molecule has 1 atom stereocenters. The number of carbonyl (C=O) groups excluding carboxylic acids is 1. The van der Waals surface area contributed by atoms with Crippen LogP contribution in [0, 0.1) is 25.7 Å². The Labute approximate surface area is 161 Å². The van der Waals surface area contributed by atoms with Crippen LogP contribution < -0.4 is 0 Å². The fourth-order valence-corrected chi connectivity index (χ4v) is 5.34. The van der Waals surface area contributed by atoms with Crippen molar-refractivity contribution in [3.8, 4) is 0 Å². The first-order chi connectivity index (χ1) is 12.7. The second-order valence-electron chi connectivity index (χ2n) is 7.53. The van der Waals surface area contributed by atoms with Crippen LogP contribution in [0.4, 0.5) is 0 Å². The van der Waals surface area contributed by atoms with Crippen molar-refractivity contribution in [1.29, 1.82) is 0 Å². The van der Waals surface area contributed by atoms with Crippen LogP contribution in [0.1, 0.15) is 38.1 Å². The first-order valence-corrected chi connectivity index (χ1v) is 10.8. The van der Waals surface area contributed by atoms with Gasteiger partial charge in [0, 0.05) is 33.3 Å². The maximum Gasteiger partial charge on any atom is 0.248 e. The average Bonchev–Trinajstić information content (AvgIpc) is 2.97. The maximum absolute atomic E-state index is 13.1. The minimum absolute atomic E-state index is 0.000544. The van der Waals surface area contributed by atoms with Gasteiger partial charge in [0.25, 0.3) is 0 Å². The Morgan fingerprint density at radius 2 is 2.11 bits per heavy atom. The molecular weight excluding hydrogens is 370 g/mol. The second-order valence-corrected chi connectivity index (χ2v) is 9.40. The molecule has 27 heavy (non-hydrogen) atoms. The molecule has 9 heteroatoms. The van der Waals surface area contributed by atoms with Gasteiger partial charge in [-0.1, -0.05) is 19.0 Å². The van der Waals surface area contributed by atoms with Crippen LogP contribution in [0.5, 0.6) is 0 Å². The zero-order valence-corrected chi connectivity index (χ0v) is 17.7. The van der Waals surface area contributed by atoms with E-state index in [9.17, 15) is 13.2 Å². The molecule has 1 aromatic rings. The minimum Gasteiger partial charge on any atom is -0.383 e. The molecule has 0 aromatic carbocycles. The molecule has 2 rings (SSSR count). The number of aromatic nitrogens is 1. The molecule has 1 aromatic heterocycles. The summed E-state index contributed by atoms with van der Waals surface area (Å²) in [6.07, 6.45) is 1.34. The minimum atomic E-state index is -3.73. The smallest absolute Gasteiger partial charge is 0.248 e. The van der Waals surface area contributed by atoms with Crippen molar-refractivity contribution in [1.82, 2.24) is 14.4 Å². The van der Waals surface area contributed by atoms with Gasteiger partial charge in [0.2, 0.25) is 15.9 Å². The SMILES string of the molecule is COCCN(CC(C)C)C(=O)C1CCCN(S(=O)(=O)c2c(C)noc2C)C1. The molecule has 0 aliphatic carbocycles. The zero-order chi connectivity index (χ0) is 20.2. The van der Waals surface area contributed by atoms with Crippen LogP contribution in [-0.4, -0.2) is 68.6 Å².